The number of nitrogens with zero attached hydrogens (tertiary/aromatic N) is 2. The number of rotatable bonds is 5. The van der Waals surface area contributed by atoms with Crippen LogP contribution in [-0.4, -0.2) is 27.8 Å². The Bertz CT molecular complexity index is 1590. The van der Waals surface area contributed by atoms with E-state index in [1.54, 1.807) is 34.9 Å². The average molecular weight is 575 g/mol. The maximum atomic E-state index is 13.7. The van der Waals surface area contributed by atoms with Crippen molar-refractivity contribution >= 4 is 22.7 Å². The first-order valence-corrected chi connectivity index (χ1v) is 11.3. The van der Waals surface area contributed by atoms with Gasteiger partial charge in [-0.2, -0.15) is 43.9 Å². The summed E-state index contributed by atoms with van der Waals surface area (Å²) < 4.78 is 137. The van der Waals surface area contributed by atoms with Crippen LogP contribution in [0.5, 0.6) is 5.75 Å². The van der Waals surface area contributed by atoms with Crippen LogP contribution in [0, 0.1) is 0 Å². The molecule has 0 fully saturated rings. The number of ether oxygens (including phenoxy) is 1. The third-order valence-electron chi connectivity index (χ3n) is 6.13. The number of alkyl halides is 10. The highest BCUT2D eigenvalue weighted by Crippen LogP contribution is 2.47. The van der Waals surface area contributed by atoms with Gasteiger partial charge >= 0.3 is 24.4 Å². The maximum Gasteiger partial charge on any atom is 0.474 e. The lowest BCUT2D eigenvalue weighted by atomic mass is 9.99. The van der Waals surface area contributed by atoms with Crippen LogP contribution < -0.4 is 10.1 Å². The van der Waals surface area contributed by atoms with Crippen LogP contribution in [0.1, 0.15) is 22.7 Å². The van der Waals surface area contributed by atoms with Crippen molar-refractivity contribution in [3.05, 3.63) is 95.6 Å². The Hall–Kier alpha value is -4.23. The molecule has 4 aromatic rings. The van der Waals surface area contributed by atoms with E-state index in [9.17, 15) is 43.9 Å². The minimum atomic E-state index is -6.56. The van der Waals surface area contributed by atoms with Crippen LogP contribution >= 0.6 is 0 Å². The smallest absolute Gasteiger partial charge is 0.428 e. The van der Waals surface area contributed by atoms with Crippen LogP contribution in [0.2, 0.25) is 0 Å². The zero-order valence-electron chi connectivity index (χ0n) is 19.7. The van der Waals surface area contributed by atoms with Crippen molar-refractivity contribution in [3.63, 3.8) is 0 Å². The van der Waals surface area contributed by atoms with Gasteiger partial charge in [0.25, 0.3) is 0 Å². The second-order valence-electron chi connectivity index (χ2n) is 8.78. The summed E-state index contributed by atoms with van der Waals surface area (Å²) in [5.41, 5.74) is 0.958. The summed E-state index contributed by atoms with van der Waals surface area (Å²) in [6, 6.07) is 14.4. The Morgan fingerprint density at radius 3 is 2.10 bits per heavy atom. The first-order chi connectivity index (χ1) is 18.6. The Morgan fingerprint density at radius 2 is 1.45 bits per heavy atom. The minimum Gasteiger partial charge on any atom is -0.428 e. The molecule has 1 atom stereocenters. The molecule has 210 valence electrons. The van der Waals surface area contributed by atoms with E-state index in [-0.39, 0.29) is 22.8 Å². The number of benzene rings is 3. The summed E-state index contributed by atoms with van der Waals surface area (Å²) in [6.45, 7) is 0. The number of nitrogens with one attached hydrogen (secondary N) is 1. The summed E-state index contributed by atoms with van der Waals surface area (Å²) in [4.78, 5) is 4.47. The number of hydrogen-bond acceptors (Lipinski definition) is 3. The van der Waals surface area contributed by atoms with Crippen LogP contribution in [-0.2, 0) is 6.18 Å². The van der Waals surface area contributed by atoms with Gasteiger partial charge < -0.3 is 10.1 Å². The maximum absolute atomic E-state index is 13.7. The van der Waals surface area contributed by atoms with Gasteiger partial charge in [0.1, 0.15) is 5.75 Å². The van der Waals surface area contributed by atoms with Gasteiger partial charge in [-0.1, -0.05) is 24.3 Å². The van der Waals surface area contributed by atoms with E-state index in [0.29, 0.717) is 11.0 Å². The second-order valence-corrected chi connectivity index (χ2v) is 8.78. The molecule has 1 N–H and O–H groups in total. The fraction of sp³-hybridized carbons (Fsp3) is 0.192. The van der Waals surface area contributed by atoms with Crippen molar-refractivity contribution < 1.29 is 48.6 Å². The van der Waals surface area contributed by atoms with Crippen molar-refractivity contribution in [2.45, 2.75) is 30.4 Å². The SMILES string of the molecule is FC(F)(F)c1cccc(C2C=C(c3ccc(OC(F)(F)C(F)(F)C(F)(F)F)cc3)Nc3nc4ccccc4n32)c1. The molecule has 14 heteroatoms. The molecule has 0 amide bonds. The first-order valence-electron chi connectivity index (χ1n) is 11.3. The van der Waals surface area contributed by atoms with Crippen LogP contribution in [0.3, 0.4) is 0 Å². The molecule has 3 aromatic carbocycles. The lowest BCUT2D eigenvalue weighted by Crippen LogP contribution is -2.55. The van der Waals surface area contributed by atoms with E-state index in [2.05, 4.69) is 15.0 Å². The minimum absolute atomic E-state index is 0.230. The molecule has 0 saturated carbocycles. The fourth-order valence-corrected chi connectivity index (χ4v) is 4.20. The van der Waals surface area contributed by atoms with Gasteiger partial charge in [-0.05, 0) is 65.7 Å². The van der Waals surface area contributed by atoms with Crippen molar-refractivity contribution in [2.75, 3.05) is 5.32 Å². The highest BCUT2D eigenvalue weighted by molar-refractivity contribution is 5.85. The lowest BCUT2D eigenvalue weighted by Gasteiger charge is -2.28. The first kappa shape index (κ1) is 27.3. The van der Waals surface area contributed by atoms with Gasteiger partial charge in [0.05, 0.1) is 22.6 Å². The molecule has 2 heterocycles. The molecule has 1 aliphatic heterocycles. The largest absolute Gasteiger partial charge is 0.474 e. The normalized spacial score (nSPS) is 16.4. The summed E-state index contributed by atoms with van der Waals surface area (Å²) in [5, 5.41) is 2.99. The molecule has 5 rings (SSSR count). The summed E-state index contributed by atoms with van der Waals surface area (Å²) >= 11 is 0. The van der Waals surface area contributed by atoms with E-state index in [4.69, 9.17) is 0 Å². The zero-order valence-corrected chi connectivity index (χ0v) is 19.7. The summed E-state index contributed by atoms with van der Waals surface area (Å²) in [5.74, 6) is -7.20. The van der Waals surface area contributed by atoms with E-state index < -0.39 is 41.7 Å². The monoisotopic (exact) mass is 575 g/mol. The number of para-hydroxylation sites is 2. The standard InChI is InChI=1S/C26H15F10N3O/c27-23(28,29)16-5-3-4-15(12-16)21-13-19(38-22-37-18-6-1-2-7-20(18)39(21)22)14-8-10-17(11-9-14)40-26(35,36)24(30,31)25(32,33)34/h1-13,21H,(H,37,38). The number of halogens is 10. The van der Waals surface area contributed by atoms with Crippen LogP contribution in [0.15, 0.2) is 78.9 Å². The van der Waals surface area contributed by atoms with Crippen LogP contribution in [0.25, 0.3) is 16.7 Å². The third-order valence-corrected chi connectivity index (χ3v) is 6.13. The number of allylic oxidation sites excluding steroid dienone is 1. The molecule has 0 radical (unpaired) electrons. The van der Waals surface area contributed by atoms with Gasteiger partial charge in [-0.15, -0.1) is 0 Å². The molecular weight excluding hydrogens is 560 g/mol. The second kappa shape index (κ2) is 9.17. The molecule has 4 nitrogen and oxygen atoms in total. The van der Waals surface area contributed by atoms with Crippen molar-refractivity contribution in [3.8, 4) is 5.75 Å². The fourth-order valence-electron chi connectivity index (χ4n) is 4.20. The van der Waals surface area contributed by atoms with Crippen molar-refractivity contribution in [1.82, 2.24) is 9.55 Å². The van der Waals surface area contributed by atoms with E-state index >= 15 is 0 Å². The lowest BCUT2D eigenvalue weighted by molar-refractivity contribution is -0.402. The highest BCUT2D eigenvalue weighted by Gasteiger charge is 2.75. The van der Waals surface area contributed by atoms with Gasteiger partial charge in [0.15, 0.2) is 0 Å². The average Bonchev–Trinajstić information content (AvgIpc) is 3.26. The summed E-state index contributed by atoms with van der Waals surface area (Å²) in [6.07, 6.45) is -15.5. The molecule has 0 saturated heterocycles. The number of anilines is 1. The van der Waals surface area contributed by atoms with E-state index in [0.717, 1.165) is 36.4 Å². The van der Waals surface area contributed by atoms with Gasteiger partial charge in [0.2, 0.25) is 5.95 Å². The highest BCUT2D eigenvalue weighted by atomic mass is 19.4. The van der Waals surface area contributed by atoms with Crippen molar-refractivity contribution in [1.29, 1.82) is 0 Å². The molecule has 1 unspecified atom stereocenters. The number of hydrogen-bond donors (Lipinski definition) is 1. The summed E-state index contributed by atoms with van der Waals surface area (Å²) in [7, 11) is 0. The predicted octanol–water partition coefficient (Wildman–Crippen LogP) is 8.28. The molecule has 1 aromatic heterocycles. The van der Waals surface area contributed by atoms with E-state index in [1.807, 2.05) is 0 Å². The van der Waals surface area contributed by atoms with Gasteiger partial charge in [0, 0.05) is 5.70 Å². The Morgan fingerprint density at radius 1 is 0.775 bits per heavy atom. The van der Waals surface area contributed by atoms with Crippen molar-refractivity contribution in [2.24, 2.45) is 0 Å². The molecule has 0 bridgehead atoms. The number of aromatic nitrogens is 2. The Kier molecular flexibility index (Phi) is 6.27. The third kappa shape index (κ3) is 4.71. The number of fused-ring (bicyclic) bond motifs is 3. The van der Waals surface area contributed by atoms with Gasteiger partial charge in [-0.25, -0.2) is 4.98 Å². The number of imidazole rings is 1. The van der Waals surface area contributed by atoms with Crippen LogP contribution in [0.4, 0.5) is 49.9 Å². The topological polar surface area (TPSA) is 39.1 Å². The Labute approximate surface area is 218 Å². The molecule has 1 aliphatic rings. The van der Waals surface area contributed by atoms with E-state index in [1.165, 1.54) is 12.1 Å². The molecule has 0 aliphatic carbocycles. The molecule has 0 spiro atoms. The zero-order chi connectivity index (χ0) is 29.1. The quantitative estimate of drug-likeness (QED) is 0.244. The molecule has 40 heavy (non-hydrogen) atoms. The van der Waals surface area contributed by atoms with Gasteiger partial charge in [-0.3, -0.25) is 4.57 Å². The molecular formula is C26H15F10N3O. The Balaban J connectivity index is 1.53. The predicted molar refractivity (Wildman–Crippen MR) is 124 cm³/mol.